The summed E-state index contributed by atoms with van der Waals surface area (Å²) in [5.41, 5.74) is 14.9. The summed E-state index contributed by atoms with van der Waals surface area (Å²) < 4.78 is 0. The highest BCUT2D eigenvalue weighted by Crippen LogP contribution is 2.54. The number of nitrogens with zero attached hydrogens (tertiary/aromatic N) is 1. The summed E-state index contributed by atoms with van der Waals surface area (Å²) >= 11 is 0. The molecular weight excluding hydrogens is 470 g/mol. The van der Waals surface area contributed by atoms with Gasteiger partial charge in [0.15, 0.2) is 0 Å². The number of allylic oxidation sites excluding steroid dienone is 2. The summed E-state index contributed by atoms with van der Waals surface area (Å²) in [5, 5.41) is 0. The third-order valence-corrected chi connectivity index (χ3v) is 8.81. The van der Waals surface area contributed by atoms with Gasteiger partial charge in [-0.2, -0.15) is 0 Å². The van der Waals surface area contributed by atoms with Crippen molar-refractivity contribution in [2.24, 2.45) is 0 Å². The maximum Gasteiger partial charge on any atom is 0.0546 e. The van der Waals surface area contributed by atoms with Gasteiger partial charge in [0.25, 0.3) is 0 Å². The van der Waals surface area contributed by atoms with E-state index in [1.54, 1.807) is 11.1 Å². The number of rotatable bonds is 5. The predicted molar refractivity (Wildman–Crippen MR) is 168 cm³/mol. The number of benzene rings is 4. The van der Waals surface area contributed by atoms with E-state index in [1.165, 1.54) is 115 Å². The van der Waals surface area contributed by atoms with Gasteiger partial charge in [-0.3, -0.25) is 0 Å². The molecule has 0 radical (unpaired) electrons. The van der Waals surface area contributed by atoms with Gasteiger partial charge in [0.05, 0.1) is 5.69 Å². The third kappa shape index (κ3) is 4.87. The van der Waals surface area contributed by atoms with Crippen molar-refractivity contribution in [1.29, 1.82) is 0 Å². The largest absolute Gasteiger partial charge is 0.310 e. The molecule has 0 N–H and O–H groups in total. The van der Waals surface area contributed by atoms with Gasteiger partial charge >= 0.3 is 0 Å². The number of hydrogen-bond donors (Lipinski definition) is 0. The fourth-order valence-corrected chi connectivity index (χ4v) is 6.75. The lowest BCUT2D eigenvalue weighted by Crippen LogP contribution is -2.14. The second kappa shape index (κ2) is 10.7. The van der Waals surface area contributed by atoms with Crippen LogP contribution in [-0.4, -0.2) is 0 Å². The summed E-state index contributed by atoms with van der Waals surface area (Å²) in [6, 6.07) is 34.0. The Labute approximate surface area is 233 Å². The lowest BCUT2D eigenvalue weighted by atomic mass is 9.79. The molecule has 0 unspecified atom stereocenters. The first-order valence-electron chi connectivity index (χ1n) is 15.0. The number of fused-ring (bicyclic) bond motifs is 4. The van der Waals surface area contributed by atoms with E-state index in [0.29, 0.717) is 0 Å². The van der Waals surface area contributed by atoms with Crippen LogP contribution in [0.3, 0.4) is 0 Å². The van der Waals surface area contributed by atoms with E-state index in [9.17, 15) is 0 Å². The Hall–Kier alpha value is -3.84. The summed E-state index contributed by atoms with van der Waals surface area (Å²) in [7, 11) is 0. The van der Waals surface area contributed by atoms with E-state index in [1.807, 2.05) is 0 Å². The van der Waals surface area contributed by atoms with Gasteiger partial charge in [-0.1, -0.05) is 96.8 Å². The zero-order chi connectivity index (χ0) is 26.0. The van der Waals surface area contributed by atoms with Gasteiger partial charge in [-0.25, -0.2) is 0 Å². The molecule has 0 bridgehead atoms. The van der Waals surface area contributed by atoms with E-state index < -0.39 is 0 Å². The van der Waals surface area contributed by atoms with Gasteiger partial charge in [-0.15, -0.1) is 0 Å². The maximum absolute atomic E-state index is 2.45. The number of anilines is 3. The van der Waals surface area contributed by atoms with E-state index in [4.69, 9.17) is 0 Å². The molecule has 0 aliphatic heterocycles. The zero-order valence-corrected chi connectivity index (χ0v) is 22.8. The molecule has 2 saturated carbocycles. The molecule has 4 aromatic rings. The summed E-state index contributed by atoms with van der Waals surface area (Å²) in [6.45, 7) is 0. The molecule has 2 fully saturated rings. The molecule has 3 aliphatic carbocycles. The lowest BCUT2D eigenvalue weighted by molar-refractivity contribution is 0.602. The van der Waals surface area contributed by atoms with Crippen molar-refractivity contribution in [1.82, 2.24) is 0 Å². The van der Waals surface area contributed by atoms with Gasteiger partial charge in [0, 0.05) is 16.9 Å². The van der Waals surface area contributed by atoms with Crippen molar-refractivity contribution in [2.45, 2.75) is 64.2 Å². The molecule has 0 spiro atoms. The second-order valence-corrected chi connectivity index (χ2v) is 11.5. The van der Waals surface area contributed by atoms with Crippen LogP contribution in [0, 0.1) is 0 Å². The summed E-state index contributed by atoms with van der Waals surface area (Å²) in [6.07, 6.45) is 18.0. The molecule has 0 heterocycles. The molecule has 3 aliphatic rings. The van der Waals surface area contributed by atoms with E-state index in [0.717, 1.165) is 0 Å². The van der Waals surface area contributed by atoms with Crippen molar-refractivity contribution >= 4 is 29.2 Å². The first kappa shape index (κ1) is 24.2. The Bertz CT molecular complexity index is 1450. The predicted octanol–water partition coefficient (Wildman–Crippen LogP) is 11.5. The highest BCUT2D eigenvalue weighted by atomic mass is 15.1. The standard InChI is InChI=1S/C38H37N/c1-3-10-28(11-4-1)26-30-18-22-32(23-19-30)39(33-24-20-31(21-25-33)27-29-12-5-2-6-13-29)37-17-9-16-36-34-14-7-8-15-35(34)38(36)37/h7-9,14-27H,1-6,10-13H2. The summed E-state index contributed by atoms with van der Waals surface area (Å²) in [5.74, 6) is 0. The third-order valence-electron chi connectivity index (χ3n) is 8.81. The highest BCUT2D eigenvalue weighted by Gasteiger charge is 2.28. The fourth-order valence-electron chi connectivity index (χ4n) is 6.75. The van der Waals surface area contributed by atoms with Crippen LogP contribution in [0.25, 0.3) is 34.4 Å². The normalized spacial score (nSPS) is 16.1. The van der Waals surface area contributed by atoms with Gasteiger partial charge in [0.2, 0.25) is 0 Å². The molecule has 0 amide bonds. The second-order valence-electron chi connectivity index (χ2n) is 11.5. The van der Waals surface area contributed by atoms with Crippen molar-refractivity contribution in [2.75, 3.05) is 4.90 Å². The van der Waals surface area contributed by atoms with E-state index in [2.05, 4.69) is 108 Å². The van der Waals surface area contributed by atoms with E-state index >= 15 is 0 Å². The van der Waals surface area contributed by atoms with Crippen LogP contribution in [0.15, 0.2) is 102 Å². The topological polar surface area (TPSA) is 3.24 Å². The average Bonchev–Trinajstić information content (AvgIpc) is 2.99. The highest BCUT2D eigenvalue weighted by molar-refractivity contribution is 6.09. The van der Waals surface area contributed by atoms with Gasteiger partial charge < -0.3 is 4.90 Å². The monoisotopic (exact) mass is 507 g/mol. The first-order valence-corrected chi connectivity index (χ1v) is 15.0. The minimum absolute atomic E-state index is 1.21. The van der Waals surface area contributed by atoms with Crippen LogP contribution in [0.5, 0.6) is 0 Å². The molecule has 0 atom stereocenters. The van der Waals surface area contributed by atoms with Crippen LogP contribution in [0.2, 0.25) is 0 Å². The average molecular weight is 508 g/mol. The minimum atomic E-state index is 1.21. The molecule has 0 saturated heterocycles. The Morgan fingerprint density at radius 2 is 0.923 bits per heavy atom. The smallest absolute Gasteiger partial charge is 0.0546 e. The Morgan fingerprint density at radius 3 is 1.46 bits per heavy atom. The lowest BCUT2D eigenvalue weighted by Gasteiger charge is -2.33. The molecule has 39 heavy (non-hydrogen) atoms. The van der Waals surface area contributed by atoms with Crippen molar-refractivity contribution in [3.63, 3.8) is 0 Å². The van der Waals surface area contributed by atoms with Crippen LogP contribution in [-0.2, 0) is 0 Å². The molecule has 194 valence electrons. The molecule has 1 nitrogen and oxygen atoms in total. The van der Waals surface area contributed by atoms with Crippen molar-refractivity contribution < 1.29 is 0 Å². The van der Waals surface area contributed by atoms with Crippen LogP contribution in [0.4, 0.5) is 17.1 Å². The SMILES string of the molecule is C(=C1CCCCC1)c1ccc(N(c2ccc(C=C3CCCCC3)cc2)c2cccc3c2-c2ccccc2-3)cc1. The minimum Gasteiger partial charge on any atom is -0.310 e. The first-order chi connectivity index (χ1) is 19.3. The van der Waals surface area contributed by atoms with Crippen LogP contribution >= 0.6 is 0 Å². The maximum atomic E-state index is 2.45. The van der Waals surface area contributed by atoms with Gasteiger partial charge in [-0.05, 0) is 110 Å². The molecule has 4 aromatic carbocycles. The zero-order valence-electron chi connectivity index (χ0n) is 22.8. The summed E-state index contributed by atoms with van der Waals surface area (Å²) in [4.78, 5) is 2.45. The van der Waals surface area contributed by atoms with E-state index in [-0.39, 0.29) is 0 Å². The molecule has 0 aromatic heterocycles. The Balaban J connectivity index is 1.27. The van der Waals surface area contributed by atoms with Crippen LogP contribution < -0.4 is 4.90 Å². The fraction of sp³-hybridized carbons (Fsp3) is 0.263. The van der Waals surface area contributed by atoms with Crippen molar-refractivity contribution in [3.8, 4) is 22.3 Å². The van der Waals surface area contributed by atoms with Gasteiger partial charge in [0.1, 0.15) is 0 Å². The quantitative estimate of drug-likeness (QED) is 0.229. The van der Waals surface area contributed by atoms with Crippen molar-refractivity contribution in [3.05, 3.63) is 113 Å². The molecule has 1 heteroatoms. The molecular formula is C38H37N. The number of hydrogen-bond acceptors (Lipinski definition) is 1. The Morgan fingerprint density at radius 1 is 0.436 bits per heavy atom. The molecule has 7 rings (SSSR count). The Kier molecular flexibility index (Phi) is 6.66. The van der Waals surface area contributed by atoms with Crippen LogP contribution in [0.1, 0.15) is 75.3 Å².